The highest BCUT2D eigenvalue weighted by Crippen LogP contribution is 2.18. The Morgan fingerprint density at radius 2 is 2.33 bits per heavy atom. The van der Waals surface area contributed by atoms with Crippen molar-refractivity contribution in [3.05, 3.63) is 29.6 Å². The van der Waals surface area contributed by atoms with E-state index in [1.54, 1.807) is 0 Å². The van der Waals surface area contributed by atoms with E-state index >= 15 is 0 Å². The van der Waals surface area contributed by atoms with Crippen molar-refractivity contribution in [1.82, 2.24) is 5.32 Å². The lowest BCUT2D eigenvalue weighted by atomic mass is 10.2. The summed E-state index contributed by atoms with van der Waals surface area (Å²) in [6, 6.07) is 5.84. The highest BCUT2D eigenvalue weighted by Gasteiger charge is 2.06. The van der Waals surface area contributed by atoms with Crippen LogP contribution in [0.2, 0.25) is 0 Å². The topological polar surface area (TPSA) is 88.1 Å². The number of nitrogens with zero attached hydrogens (tertiary/aromatic N) is 1. The summed E-state index contributed by atoms with van der Waals surface area (Å²) in [6.45, 7) is 0.221. The van der Waals surface area contributed by atoms with E-state index in [2.05, 4.69) is 5.32 Å². The second-order valence-corrected chi connectivity index (χ2v) is 3.50. The fraction of sp³-hybridized carbons (Fsp3) is 0.333. The van der Waals surface area contributed by atoms with Crippen molar-refractivity contribution >= 4 is 5.91 Å². The molecule has 0 unspecified atom stereocenters. The molecule has 18 heavy (non-hydrogen) atoms. The molecule has 0 spiro atoms. The van der Waals surface area contributed by atoms with Crippen LogP contribution < -0.4 is 15.8 Å². The van der Waals surface area contributed by atoms with E-state index in [4.69, 9.17) is 15.7 Å². The molecular weight excluding hydrogens is 237 g/mol. The van der Waals surface area contributed by atoms with E-state index in [1.165, 1.54) is 18.2 Å². The van der Waals surface area contributed by atoms with Crippen LogP contribution in [0.4, 0.5) is 4.39 Å². The number of ether oxygens (including phenoxy) is 1. The fourth-order valence-electron chi connectivity index (χ4n) is 1.30. The Hall–Kier alpha value is -2.13. The number of rotatable bonds is 6. The van der Waals surface area contributed by atoms with Crippen molar-refractivity contribution in [2.75, 3.05) is 13.2 Å². The number of amides is 1. The van der Waals surface area contributed by atoms with Gasteiger partial charge < -0.3 is 15.8 Å². The summed E-state index contributed by atoms with van der Waals surface area (Å²) >= 11 is 0. The molecule has 0 atom stereocenters. The molecular formula is C12H14FN3O2. The van der Waals surface area contributed by atoms with Gasteiger partial charge in [0.1, 0.15) is 11.6 Å². The Morgan fingerprint density at radius 1 is 1.56 bits per heavy atom. The molecule has 0 heterocycles. The van der Waals surface area contributed by atoms with E-state index in [-0.39, 0.29) is 32.0 Å². The first-order valence-corrected chi connectivity index (χ1v) is 5.42. The molecule has 0 aromatic heterocycles. The van der Waals surface area contributed by atoms with Gasteiger partial charge in [-0.1, -0.05) is 0 Å². The molecule has 1 aromatic rings. The average molecular weight is 251 g/mol. The third-order valence-corrected chi connectivity index (χ3v) is 2.16. The first kappa shape index (κ1) is 13.9. The minimum absolute atomic E-state index is 0.128. The Bertz CT molecular complexity index is 457. The van der Waals surface area contributed by atoms with E-state index in [0.717, 1.165) is 0 Å². The van der Waals surface area contributed by atoms with Gasteiger partial charge in [0.05, 0.1) is 12.5 Å². The minimum Gasteiger partial charge on any atom is -0.483 e. The average Bonchev–Trinajstić information content (AvgIpc) is 2.37. The summed E-state index contributed by atoms with van der Waals surface area (Å²) in [7, 11) is 0. The minimum atomic E-state index is -0.402. The summed E-state index contributed by atoms with van der Waals surface area (Å²) in [4.78, 5) is 11.3. The van der Waals surface area contributed by atoms with Crippen LogP contribution in [-0.2, 0) is 11.3 Å². The second-order valence-electron chi connectivity index (χ2n) is 3.50. The van der Waals surface area contributed by atoms with Gasteiger partial charge in [-0.2, -0.15) is 5.26 Å². The summed E-state index contributed by atoms with van der Waals surface area (Å²) < 4.78 is 18.2. The van der Waals surface area contributed by atoms with E-state index in [0.29, 0.717) is 11.3 Å². The zero-order valence-electron chi connectivity index (χ0n) is 9.78. The number of nitrogens with one attached hydrogen (secondary N) is 1. The number of hydrogen-bond donors (Lipinski definition) is 2. The van der Waals surface area contributed by atoms with Crippen LogP contribution >= 0.6 is 0 Å². The highest BCUT2D eigenvalue weighted by molar-refractivity contribution is 5.77. The second kappa shape index (κ2) is 7.25. The molecule has 5 nitrogen and oxygen atoms in total. The lowest BCUT2D eigenvalue weighted by Gasteiger charge is -2.10. The van der Waals surface area contributed by atoms with Gasteiger partial charge in [-0.15, -0.1) is 0 Å². The van der Waals surface area contributed by atoms with Gasteiger partial charge in [0.2, 0.25) is 0 Å². The maximum atomic E-state index is 12.9. The number of nitrogens with two attached hydrogens (primary N) is 1. The standard InChI is InChI=1S/C12H14FN3O2/c13-10-2-3-11(9(6-10)7-15)18-8-12(17)16-5-1-4-14/h2-3,6H,1,5,7-8,15H2,(H,16,17). The van der Waals surface area contributed by atoms with Gasteiger partial charge in [0.15, 0.2) is 6.61 Å². The molecule has 0 fully saturated rings. The molecule has 0 saturated carbocycles. The quantitative estimate of drug-likeness (QED) is 0.728. The molecule has 0 aliphatic heterocycles. The normalized spacial score (nSPS) is 9.61. The Labute approximate surface area is 104 Å². The summed E-state index contributed by atoms with van der Waals surface area (Å²) in [5.74, 6) is -0.354. The smallest absolute Gasteiger partial charge is 0.257 e. The van der Waals surface area contributed by atoms with Crippen molar-refractivity contribution in [2.45, 2.75) is 13.0 Å². The van der Waals surface area contributed by atoms with Crippen molar-refractivity contribution in [3.63, 3.8) is 0 Å². The van der Waals surface area contributed by atoms with Gasteiger partial charge in [-0.25, -0.2) is 4.39 Å². The molecule has 3 N–H and O–H groups in total. The summed E-state index contributed by atoms with van der Waals surface area (Å²) in [6.07, 6.45) is 0.246. The molecule has 0 saturated heterocycles. The maximum Gasteiger partial charge on any atom is 0.257 e. The number of hydrogen-bond acceptors (Lipinski definition) is 4. The van der Waals surface area contributed by atoms with Gasteiger partial charge in [0, 0.05) is 18.7 Å². The fourth-order valence-corrected chi connectivity index (χ4v) is 1.30. The van der Waals surface area contributed by atoms with E-state index in [1.807, 2.05) is 6.07 Å². The molecule has 0 radical (unpaired) electrons. The molecule has 1 aromatic carbocycles. The zero-order valence-corrected chi connectivity index (χ0v) is 9.78. The SMILES string of the molecule is N#CCCNC(=O)COc1ccc(F)cc1CN. The lowest BCUT2D eigenvalue weighted by Crippen LogP contribution is -2.29. The van der Waals surface area contributed by atoms with Gasteiger partial charge in [-0.05, 0) is 18.2 Å². The third kappa shape index (κ3) is 4.39. The molecule has 0 aliphatic rings. The van der Waals surface area contributed by atoms with Gasteiger partial charge >= 0.3 is 0 Å². The van der Waals surface area contributed by atoms with Gasteiger partial charge in [0.25, 0.3) is 5.91 Å². The van der Waals surface area contributed by atoms with Crippen LogP contribution in [0.1, 0.15) is 12.0 Å². The molecule has 0 bridgehead atoms. The van der Waals surface area contributed by atoms with E-state index < -0.39 is 5.82 Å². The van der Waals surface area contributed by atoms with Crippen molar-refractivity contribution < 1.29 is 13.9 Å². The summed E-state index contributed by atoms with van der Waals surface area (Å²) in [5.41, 5.74) is 5.94. The van der Waals surface area contributed by atoms with Crippen LogP contribution in [0.3, 0.4) is 0 Å². The monoisotopic (exact) mass is 251 g/mol. The Morgan fingerprint density at radius 3 is 3.00 bits per heavy atom. The lowest BCUT2D eigenvalue weighted by molar-refractivity contribution is -0.123. The third-order valence-electron chi connectivity index (χ3n) is 2.16. The number of carbonyl (C=O) groups excluding carboxylic acids is 1. The van der Waals surface area contributed by atoms with E-state index in [9.17, 15) is 9.18 Å². The highest BCUT2D eigenvalue weighted by atomic mass is 19.1. The number of nitriles is 1. The Balaban J connectivity index is 2.48. The van der Waals surface area contributed by atoms with Crippen LogP contribution in [0.25, 0.3) is 0 Å². The maximum absolute atomic E-state index is 12.9. The number of halogens is 1. The van der Waals surface area contributed by atoms with Crippen LogP contribution in [0.15, 0.2) is 18.2 Å². The molecule has 1 amide bonds. The van der Waals surface area contributed by atoms with Gasteiger partial charge in [-0.3, -0.25) is 4.79 Å². The first-order valence-electron chi connectivity index (χ1n) is 5.42. The van der Waals surface area contributed by atoms with Crippen LogP contribution in [0.5, 0.6) is 5.75 Å². The summed E-state index contributed by atoms with van der Waals surface area (Å²) in [5, 5.41) is 10.8. The number of carbonyl (C=O) groups is 1. The first-order chi connectivity index (χ1) is 8.67. The van der Waals surface area contributed by atoms with Crippen molar-refractivity contribution in [2.24, 2.45) is 5.73 Å². The Kier molecular flexibility index (Phi) is 5.61. The predicted molar refractivity (Wildman–Crippen MR) is 63.0 cm³/mol. The predicted octanol–water partition coefficient (Wildman–Crippen LogP) is 0.693. The van der Waals surface area contributed by atoms with Crippen LogP contribution in [0, 0.1) is 17.1 Å². The van der Waals surface area contributed by atoms with Crippen molar-refractivity contribution in [3.8, 4) is 11.8 Å². The zero-order chi connectivity index (χ0) is 13.4. The molecule has 6 heteroatoms. The largest absolute Gasteiger partial charge is 0.483 e. The molecule has 1 rings (SSSR count). The number of benzene rings is 1. The molecule has 0 aliphatic carbocycles. The molecule has 96 valence electrons. The van der Waals surface area contributed by atoms with Crippen LogP contribution in [-0.4, -0.2) is 19.1 Å². The van der Waals surface area contributed by atoms with Crippen molar-refractivity contribution in [1.29, 1.82) is 5.26 Å².